The molecular formula is C13H11F2N3S. The van der Waals surface area contributed by atoms with Gasteiger partial charge in [-0.05, 0) is 43.4 Å². The number of rotatable bonds is 2. The first-order valence-electron chi connectivity index (χ1n) is 5.51. The molecule has 0 fully saturated rings. The zero-order chi connectivity index (χ0) is 13.8. The SMILES string of the molecule is Cc1cccc(NC(=S)Nc2cc(F)cc(F)c2)n1. The summed E-state index contributed by atoms with van der Waals surface area (Å²) in [5.74, 6) is -0.771. The van der Waals surface area contributed by atoms with Crippen molar-refractivity contribution in [2.24, 2.45) is 0 Å². The number of hydrogen-bond acceptors (Lipinski definition) is 2. The molecule has 0 amide bonds. The summed E-state index contributed by atoms with van der Waals surface area (Å²) in [4.78, 5) is 4.20. The Morgan fingerprint density at radius 3 is 2.42 bits per heavy atom. The van der Waals surface area contributed by atoms with Crippen LogP contribution >= 0.6 is 12.2 Å². The highest BCUT2D eigenvalue weighted by molar-refractivity contribution is 7.80. The highest BCUT2D eigenvalue weighted by atomic mass is 32.1. The Labute approximate surface area is 114 Å². The largest absolute Gasteiger partial charge is 0.332 e. The quantitative estimate of drug-likeness (QED) is 0.825. The number of anilines is 2. The first kappa shape index (κ1) is 13.4. The van der Waals surface area contributed by atoms with Gasteiger partial charge in [0.25, 0.3) is 0 Å². The van der Waals surface area contributed by atoms with Gasteiger partial charge in [0, 0.05) is 17.4 Å². The number of halogens is 2. The number of thiocarbonyl (C=S) groups is 1. The third-order valence-corrected chi connectivity index (χ3v) is 2.45. The molecule has 0 atom stereocenters. The van der Waals surface area contributed by atoms with Crippen LogP contribution in [0.4, 0.5) is 20.3 Å². The number of pyridine rings is 1. The highest BCUT2D eigenvalue weighted by Gasteiger charge is 2.03. The summed E-state index contributed by atoms with van der Waals surface area (Å²) in [5, 5.41) is 5.74. The molecule has 0 aliphatic rings. The Morgan fingerprint density at radius 2 is 1.79 bits per heavy atom. The van der Waals surface area contributed by atoms with Gasteiger partial charge in [-0.15, -0.1) is 0 Å². The van der Waals surface area contributed by atoms with Crippen LogP contribution in [0, 0.1) is 18.6 Å². The average Bonchev–Trinajstić information content (AvgIpc) is 2.26. The summed E-state index contributed by atoms with van der Waals surface area (Å²) in [5.41, 5.74) is 1.08. The predicted octanol–water partition coefficient (Wildman–Crippen LogP) is 3.48. The Balaban J connectivity index is 2.05. The van der Waals surface area contributed by atoms with Crippen molar-refractivity contribution in [1.29, 1.82) is 0 Å². The molecule has 3 nitrogen and oxygen atoms in total. The van der Waals surface area contributed by atoms with E-state index < -0.39 is 11.6 Å². The number of nitrogens with one attached hydrogen (secondary N) is 2. The Bertz CT molecular complexity index is 596. The lowest BCUT2D eigenvalue weighted by Crippen LogP contribution is -2.20. The van der Waals surface area contributed by atoms with Gasteiger partial charge in [0.15, 0.2) is 5.11 Å². The summed E-state index contributed by atoms with van der Waals surface area (Å²) in [6, 6.07) is 8.52. The van der Waals surface area contributed by atoms with Crippen molar-refractivity contribution in [1.82, 2.24) is 4.98 Å². The Hall–Kier alpha value is -2.08. The maximum atomic E-state index is 13.0. The highest BCUT2D eigenvalue weighted by Crippen LogP contribution is 2.13. The van der Waals surface area contributed by atoms with Crippen LogP contribution in [0.5, 0.6) is 0 Å². The van der Waals surface area contributed by atoms with E-state index in [9.17, 15) is 8.78 Å². The van der Waals surface area contributed by atoms with Crippen molar-refractivity contribution in [3.63, 3.8) is 0 Å². The minimum absolute atomic E-state index is 0.211. The average molecular weight is 279 g/mol. The van der Waals surface area contributed by atoms with Crippen LogP contribution in [0.1, 0.15) is 5.69 Å². The molecule has 0 saturated carbocycles. The van der Waals surface area contributed by atoms with E-state index in [1.807, 2.05) is 19.1 Å². The molecule has 0 radical (unpaired) electrons. The second-order valence-electron chi connectivity index (χ2n) is 3.90. The van der Waals surface area contributed by atoms with Crippen LogP contribution in [-0.4, -0.2) is 10.1 Å². The molecule has 1 aromatic heterocycles. The molecule has 2 rings (SSSR count). The topological polar surface area (TPSA) is 37.0 Å². The Kier molecular flexibility index (Phi) is 4.01. The van der Waals surface area contributed by atoms with E-state index >= 15 is 0 Å². The van der Waals surface area contributed by atoms with Gasteiger partial charge in [-0.25, -0.2) is 13.8 Å². The van der Waals surface area contributed by atoms with E-state index in [4.69, 9.17) is 12.2 Å². The van der Waals surface area contributed by atoms with Gasteiger partial charge in [0.05, 0.1) is 0 Å². The number of hydrogen-bond donors (Lipinski definition) is 2. The van der Waals surface area contributed by atoms with E-state index in [0.29, 0.717) is 5.82 Å². The van der Waals surface area contributed by atoms with Gasteiger partial charge in [-0.3, -0.25) is 0 Å². The molecule has 0 aliphatic heterocycles. The van der Waals surface area contributed by atoms with Crippen LogP contribution in [0.2, 0.25) is 0 Å². The zero-order valence-electron chi connectivity index (χ0n) is 10.1. The summed E-state index contributed by atoms with van der Waals surface area (Å²) in [6.45, 7) is 1.85. The van der Waals surface area contributed by atoms with Crippen LogP contribution in [0.15, 0.2) is 36.4 Å². The minimum atomic E-state index is -0.668. The van der Waals surface area contributed by atoms with E-state index in [-0.39, 0.29) is 10.8 Å². The number of aromatic nitrogens is 1. The molecule has 2 N–H and O–H groups in total. The monoisotopic (exact) mass is 279 g/mol. The number of aryl methyl sites for hydroxylation is 1. The summed E-state index contributed by atoms with van der Waals surface area (Å²) in [7, 11) is 0. The van der Waals surface area contributed by atoms with Crippen LogP contribution in [-0.2, 0) is 0 Å². The van der Waals surface area contributed by atoms with Gasteiger partial charge in [-0.2, -0.15) is 0 Å². The second kappa shape index (κ2) is 5.71. The van der Waals surface area contributed by atoms with Gasteiger partial charge >= 0.3 is 0 Å². The maximum absolute atomic E-state index is 13.0. The van der Waals surface area contributed by atoms with Gasteiger partial charge in [0.1, 0.15) is 17.5 Å². The molecule has 6 heteroatoms. The lowest BCUT2D eigenvalue weighted by atomic mass is 10.3. The molecule has 2 aromatic rings. The Morgan fingerprint density at radius 1 is 1.11 bits per heavy atom. The lowest BCUT2D eigenvalue weighted by molar-refractivity contribution is 0.584. The van der Waals surface area contributed by atoms with Crippen molar-refractivity contribution in [2.45, 2.75) is 6.92 Å². The van der Waals surface area contributed by atoms with Crippen LogP contribution in [0.25, 0.3) is 0 Å². The normalized spacial score (nSPS) is 10.1. The van der Waals surface area contributed by atoms with Crippen molar-refractivity contribution in [3.8, 4) is 0 Å². The molecule has 0 bridgehead atoms. The van der Waals surface area contributed by atoms with Crippen molar-refractivity contribution in [3.05, 3.63) is 53.7 Å². The van der Waals surface area contributed by atoms with E-state index in [2.05, 4.69) is 15.6 Å². The smallest absolute Gasteiger partial charge is 0.176 e. The molecule has 1 heterocycles. The van der Waals surface area contributed by atoms with Crippen LogP contribution in [0.3, 0.4) is 0 Å². The van der Waals surface area contributed by atoms with E-state index in [1.54, 1.807) is 6.07 Å². The van der Waals surface area contributed by atoms with Crippen molar-refractivity contribution in [2.75, 3.05) is 10.6 Å². The fourth-order valence-corrected chi connectivity index (χ4v) is 1.74. The minimum Gasteiger partial charge on any atom is -0.332 e. The molecule has 0 saturated heterocycles. The van der Waals surface area contributed by atoms with E-state index in [0.717, 1.165) is 23.9 Å². The van der Waals surface area contributed by atoms with Crippen molar-refractivity contribution >= 4 is 28.8 Å². The molecule has 98 valence electrons. The molecule has 1 aromatic carbocycles. The molecule has 19 heavy (non-hydrogen) atoms. The zero-order valence-corrected chi connectivity index (χ0v) is 10.9. The third-order valence-electron chi connectivity index (χ3n) is 2.25. The van der Waals surface area contributed by atoms with Gasteiger partial charge < -0.3 is 10.6 Å². The molecular weight excluding hydrogens is 268 g/mol. The van der Waals surface area contributed by atoms with Gasteiger partial charge in [0.2, 0.25) is 0 Å². The first-order chi connectivity index (χ1) is 9.02. The maximum Gasteiger partial charge on any atom is 0.176 e. The molecule has 0 unspecified atom stereocenters. The van der Waals surface area contributed by atoms with Crippen molar-refractivity contribution < 1.29 is 8.78 Å². The fourth-order valence-electron chi connectivity index (χ4n) is 1.52. The van der Waals surface area contributed by atoms with Crippen LogP contribution < -0.4 is 10.6 Å². The van der Waals surface area contributed by atoms with E-state index in [1.165, 1.54) is 0 Å². The molecule has 0 aliphatic carbocycles. The molecule has 0 spiro atoms. The fraction of sp³-hybridized carbons (Fsp3) is 0.0769. The number of benzene rings is 1. The van der Waals surface area contributed by atoms with Gasteiger partial charge in [-0.1, -0.05) is 6.07 Å². The number of nitrogens with zero attached hydrogens (tertiary/aromatic N) is 1. The third kappa shape index (κ3) is 3.96. The second-order valence-corrected chi connectivity index (χ2v) is 4.31. The predicted molar refractivity (Wildman–Crippen MR) is 75.2 cm³/mol. The lowest BCUT2D eigenvalue weighted by Gasteiger charge is -2.10. The summed E-state index contributed by atoms with van der Waals surface area (Å²) in [6.07, 6.45) is 0. The first-order valence-corrected chi connectivity index (χ1v) is 5.91. The summed E-state index contributed by atoms with van der Waals surface area (Å²) >= 11 is 5.04. The standard InChI is InChI=1S/C13H11F2N3S/c1-8-3-2-4-12(16-8)18-13(19)17-11-6-9(14)5-10(15)7-11/h2-7H,1H3,(H2,16,17,18,19). The summed E-state index contributed by atoms with van der Waals surface area (Å²) < 4.78 is 26.0.